The second-order valence-electron chi connectivity index (χ2n) is 9.65. The summed E-state index contributed by atoms with van der Waals surface area (Å²) in [6, 6.07) is 10.9. The molecule has 4 atom stereocenters. The van der Waals surface area contributed by atoms with E-state index in [4.69, 9.17) is 14.2 Å². The zero-order chi connectivity index (χ0) is 25.5. The monoisotopic (exact) mass is 512 g/mol. The van der Waals surface area contributed by atoms with E-state index in [1.54, 1.807) is 6.07 Å². The first kappa shape index (κ1) is 24.0. The third-order valence-corrected chi connectivity index (χ3v) is 7.30. The number of nitrogens with zero attached hydrogens (tertiary/aromatic N) is 2. The number of pyridine rings is 1. The Kier molecular flexibility index (Phi) is 6.35. The van der Waals surface area contributed by atoms with Crippen LogP contribution in [0.25, 0.3) is 22.3 Å². The Morgan fingerprint density at radius 3 is 2.68 bits per heavy atom. The molecule has 3 N–H and O–H groups in total. The Hall–Kier alpha value is -3.41. The van der Waals surface area contributed by atoms with Crippen LogP contribution in [-0.4, -0.2) is 85.0 Å². The van der Waals surface area contributed by atoms with Gasteiger partial charge in [-0.1, -0.05) is 12.1 Å². The first-order valence-electron chi connectivity index (χ1n) is 12.5. The number of aromatic nitrogens is 2. The molecule has 5 heterocycles. The van der Waals surface area contributed by atoms with Gasteiger partial charge in [0, 0.05) is 42.5 Å². The number of ether oxygens (including phenoxy) is 4. The molecule has 10 nitrogen and oxygen atoms in total. The van der Waals surface area contributed by atoms with Crippen LogP contribution < -0.4 is 15.0 Å². The molecular weight excluding hydrogens is 483 g/mol. The van der Waals surface area contributed by atoms with Gasteiger partial charge in [0.2, 0.25) is 0 Å². The molecule has 3 aliphatic rings. The summed E-state index contributed by atoms with van der Waals surface area (Å²) in [6.45, 7) is 2.13. The van der Waals surface area contributed by atoms with E-state index in [1.807, 2.05) is 24.3 Å². The van der Waals surface area contributed by atoms with Crippen molar-refractivity contribution in [1.29, 1.82) is 0 Å². The van der Waals surface area contributed by atoms with Gasteiger partial charge in [0.15, 0.2) is 17.8 Å². The van der Waals surface area contributed by atoms with Crippen LogP contribution in [0.2, 0.25) is 0 Å². The minimum absolute atomic E-state index is 0.100. The zero-order valence-electron chi connectivity index (χ0n) is 20.4. The quantitative estimate of drug-likeness (QED) is 0.478. The average Bonchev–Trinajstić information content (AvgIpc) is 3.60. The predicted octanol–water partition coefficient (Wildman–Crippen LogP) is 2.60. The highest BCUT2D eigenvalue weighted by atomic mass is 19.1. The maximum atomic E-state index is 15.0. The van der Waals surface area contributed by atoms with E-state index in [-0.39, 0.29) is 36.7 Å². The Bertz CT molecular complexity index is 1280. The fourth-order valence-corrected chi connectivity index (χ4v) is 5.32. The van der Waals surface area contributed by atoms with Crippen molar-refractivity contribution in [2.75, 3.05) is 38.3 Å². The van der Waals surface area contributed by atoms with E-state index in [9.17, 15) is 9.90 Å². The van der Waals surface area contributed by atoms with Crippen LogP contribution in [0.15, 0.2) is 36.4 Å². The molecule has 11 heteroatoms. The van der Waals surface area contributed by atoms with E-state index in [0.717, 1.165) is 31.6 Å². The number of carbonyl (C=O) groups excluding carboxylic acids is 1. The van der Waals surface area contributed by atoms with Gasteiger partial charge < -0.3 is 39.3 Å². The molecule has 2 aromatic heterocycles. The first-order chi connectivity index (χ1) is 18.0. The SMILES string of the molecule is COC(=O)NC1CCN(c2ccc(-c3nc4cc(O[C@@H]5COC6[C@H](O)CO[C@@H]65)[nH]c4cc3F)cc2)CC1. The summed E-state index contributed by atoms with van der Waals surface area (Å²) in [5.74, 6) is 0.00795. The number of nitrogens with one attached hydrogen (secondary N) is 2. The van der Waals surface area contributed by atoms with E-state index in [0.29, 0.717) is 29.1 Å². The summed E-state index contributed by atoms with van der Waals surface area (Å²) in [4.78, 5) is 21.3. The number of carbonyl (C=O) groups is 1. The van der Waals surface area contributed by atoms with Crippen molar-refractivity contribution in [2.45, 2.75) is 43.3 Å². The number of hydrogen-bond acceptors (Lipinski definition) is 8. The summed E-state index contributed by atoms with van der Waals surface area (Å²) in [5, 5.41) is 12.8. The first-order valence-corrected chi connectivity index (χ1v) is 12.5. The van der Waals surface area contributed by atoms with Crippen molar-refractivity contribution in [3.8, 4) is 17.1 Å². The molecule has 0 aliphatic carbocycles. The number of fused-ring (bicyclic) bond motifs is 2. The van der Waals surface area contributed by atoms with Gasteiger partial charge in [-0.3, -0.25) is 0 Å². The van der Waals surface area contributed by atoms with Crippen molar-refractivity contribution in [1.82, 2.24) is 15.3 Å². The molecule has 3 fully saturated rings. The topological polar surface area (TPSA) is 118 Å². The van der Waals surface area contributed by atoms with E-state index in [1.165, 1.54) is 13.2 Å². The van der Waals surface area contributed by atoms with E-state index >= 15 is 4.39 Å². The van der Waals surface area contributed by atoms with Gasteiger partial charge in [-0.25, -0.2) is 14.2 Å². The second-order valence-corrected chi connectivity index (χ2v) is 9.65. The molecule has 3 aliphatic heterocycles. The molecule has 0 saturated carbocycles. The predicted molar refractivity (Wildman–Crippen MR) is 132 cm³/mol. The second kappa shape index (κ2) is 9.81. The average molecular weight is 513 g/mol. The molecule has 0 bridgehead atoms. The minimum Gasteiger partial charge on any atom is -0.470 e. The van der Waals surface area contributed by atoms with Crippen molar-refractivity contribution in [2.24, 2.45) is 0 Å². The van der Waals surface area contributed by atoms with Crippen LogP contribution >= 0.6 is 0 Å². The molecule has 0 spiro atoms. The van der Waals surface area contributed by atoms with Crippen molar-refractivity contribution in [3.63, 3.8) is 0 Å². The zero-order valence-corrected chi connectivity index (χ0v) is 20.4. The fraction of sp³-hybridized carbons (Fsp3) is 0.462. The molecular formula is C26H29FN4O6. The Morgan fingerprint density at radius 1 is 1.16 bits per heavy atom. The number of methoxy groups -OCH3 is 1. The number of aliphatic hydroxyl groups excluding tert-OH is 1. The lowest BCUT2D eigenvalue weighted by Crippen LogP contribution is -2.44. The largest absolute Gasteiger partial charge is 0.470 e. The highest BCUT2D eigenvalue weighted by Crippen LogP contribution is 2.32. The normalized spacial score (nSPS) is 25.9. The highest BCUT2D eigenvalue weighted by molar-refractivity contribution is 5.81. The Labute approximate surface area is 212 Å². The maximum Gasteiger partial charge on any atom is 0.407 e. The lowest BCUT2D eigenvalue weighted by atomic mass is 10.0. The third kappa shape index (κ3) is 4.70. The number of aliphatic hydroxyl groups is 1. The number of rotatable bonds is 5. The minimum atomic E-state index is -0.651. The molecule has 1 unspecified atom stereocenters. The number of anilines is 1. The van der Waals surface area contributed by atoms with Gasteiger partial charge in [-0.15, -0.1) is 0 Å². The van der Waals surface area contributed by atoms with Gasteiger partial charge in [0.25, 0.3) is 0 Å². The molecule has 37 heavy (non-hydrogen) atoms. The highest BCUT2D eigenvalue weighted by Gasteiger charge is 2.48. The smallest absolute Gasteiger partial charge is 0.407 e. The molecule has 6 rings (SSSR count). The van der Waals surface area contributed by atoms with Crippen LogP contribution in [0.3, 0.4) is 0 Å². The van der Waals surface area contributed by atoms with Crippen molar-refractivity contribution in [3.05, 3.63) is 42.2 Å². The fourth-order valence-electron chi connectivity index (χ4n) is 5.32. The number of aromatic amines is 1. The Morgan fingerprint density at radius 2 is 1.92 bits per heavy atom. The molecule has 3 aromatic rings. The lowest BCUT2D eigenvalue weighted by molar-refractivity contribution is 0.00794. The molecule has 0 radical (unpaired) electrons. The number of halogens is 1. The number of benzene rings is 1. The van der Waals surface area contributed by atoms with Crippen molar-refractivity contribution >= 4 is 22.8 Å². The number of hydrogen-bond donors (Lipinski definition) is 3. The molecule has 1 aromatic carbocycles. The lowest BCUT2D eigenvalue weighted by Gasteiger charge is -2.33. The molecule has 3 saturated heterocycles. The summed E-state index contributed by atoms with van der Waals surface area (Å²) in [5.41, 5.74) is 3.08. The summed E-state index contributed by atoms with van der Waals surface area (Å²) >= 11 is 0. The Balaban J connectivity index is 1.14. The third-order valence-electron chi connectivity index (χ3n) is 7.30. The summed E-state index contributed by atoms with van der Waals surface area (Å²) in [7, 11) is 1.36. The summed E-state index contributed by atoms with van der Waals surface area (Å²) in [6.07, 6.45) is -0.502. The van der Waals surface area contributed by atoms with Crippen molar-refractivity contribution < 1.29 is 33.2 Å². The molecule has 1 amide bonds. The van der Waals surface area contributed by atoms with E-state index in [2.05, 4.69) is 24.9 Å². The number of H-pyrrole nitrogens is 1. The van der Waals surface area contributed by atoms with Gasteiger partial charge >= 0.3 is 6.09 Å². The van der Waals surface area contributed by atoms with Crippen LogP contribution in [0.5, 0.6) is 5.88 Å². The van der Waals surface area contributed by atoms with Crippen LogP contribution in [0.4, 0.5) is 14.9 Å². The van der Waals surface area contributed by atoms with E-state index < -0.39 is 18.0 Å². The maximum absolute atomic E-state index is 15.0. The van der Waals surface area contributed by atoms with Crippen LogP contribution in [0, 0.1) is 5.82 Å². The van der Waals surface area contributed by atoms with Gasteiger partial charge in [-0.2, -0.15) is 0 Å². The van der Waals surface area contributed by atoms with Gasteiger partial charge in [-0.05, 0) is 25.0 Å². The molecule has 196 valence electrons. The van der Waals surface area contributed by atoms with Crippen LogP contribution in [0.1, 0.15) is 12.8 Å². The van der Waals surface area contributed by atoms with Gasteiger partial charge in [0.1, 0.15) is 24.0 Å². The number of amides is 1. The standard InChI is InChI=1S/C26H29FN4O6/c1-34-26(33)28-15-6-8-31(9-7-15)16-4-2-14(3-5-16)23-17(27)10-18-19(30-23)11-22(29-18)37-21-13-36-24-20(32)12-35-25(21)24/h2-5,10-11,15,20-21,24-25,29,32H,6-9,12-13H2,1H3,(H,28,33)/t20-,21-,24?,25-/m1/s1. The van der Waals surface area contributed by atoms with Gasteiger partial charge in [0.05, 0.1) is 31.4 Å². The number of alkyl carbamates (subject to hydrolysis) is 1. The number of piperidine rings is 1. The van der Waals surface area contributed by atoms with Crippen LogP contribution in [-0.2, 0) is 14.2 Å². The summed E-state index contributed by atoms with van der Waals surface area (Å²) < 4.78 is 36.9.